The van der Waals surface area contributed by atoms with Crippen LogP contribution in [0, 0.1) is 5.92 Å². The van der Waals surface area contributed by atoms with Crippen LogP contribution in [0.25, 0.3) is 0 Å². The largest absolute Gasteiger partial charge is 0.393 e. The summed E-state index contributed by atoms with van der Waals surface area (Å²) in [5.74, 6) is 0.497. The van der Waals surface area contributed by atoms with Gasteiger partial charge in [-0.25, -0.2) is 0 Å². The van der Waals surface area contributed by atoms with Crippen molar-refractivity contribution < 1.29 is 5.11 Å². The molecule has 19 heavy (non-hydrogen) atoms. The third-order valence-electron chi connectivity index (χ3n) is 3.84. The maximum Gasteiger partial charge on any atom is 0.0549 e. The molecule has 2 aromatic rings. The molecular formula is C18H22O. The minimum Gasteiger partial charge on any atom is -0.393 e. The molecule has 0 unspecified atom stereocenters. The highest BCUT2D eigenvalue weighted by molar-refractivity contribution is 5.33. The highest BCUT2D eigenvalue weighted by Crippen LogP contribution is 2.35. The SMILES string of the molecule is CC[C@@H](C(c1ccccc1)c1ccccc1)[C@@H](C)O. The van der Waals surface area contributed by atoms with Gasteiger partial charge in [-0.3, -0.25) is 0 Å². The van der Waals surface area contributed by atoms with Crippen LogP contribution in [0.4, 0.5) is 0 Å². The second-order valence-corrected chi connectivity index (χ2v) is 5.11. The Kier molecular flexibility index (Phi) is 4.75. The predicted molar refractivity (Wildman–Crippen MR) is 80.2 cm³/mol. The molecule has 1 N–H and O–H groups in total. The average molecular weight is 254 g/mol. The summed E-state index contributed by atoms with van der Waals surface area (Å²) in [6.07, 6.45) is 0.655. The van der Waals surface area contributed by atoms with Crippen LogP contribution in [0.1, 0.15) is 37.3 Å². The van der Waals surface area contributed by atoms with Crippen LogP contribution < -0.4 is 0 Å². The number of rotatable bonds is 5. The highest BCUT2D eigenvalue weighted by atomic mass is 16.3. The molecule has 0 aliphatic rings. The van der Waals surface area contributed by atoms with Gasteiger partial charge < -0.3 is 5.11 Å². The molecular weight excluding hydrogens is 232 g/mol. The summed E-state index contributed by atoms with van der Waals surface area (Å²) < 4.78 is 0. The Labute approximate surface area is 115 Å². The zero-order valence-electron chi connectivity index (χ0n) is 11.7. The minimum absolute atomic E-state index is 0.241. The van der Waals surface area contributed by atoms with Crippen LogP contribution in [0.2, 0.25) is 0 Å². The van der Waals surface area contributed by atoms with E-state index in [0.29, 0.717) is 0 Å². The first-order valence-corrected chi connectivity index (χ1v) is 7.02. The van der Waals surface area contributed by atoms with Gasteiger partial charge in [0.25, 0.3) is 0 Å². The van der Waals surface area contributed by atoms with Crippen LogP contribution in [0.15, 0.2) is 60.7 Å². The van der Waals surface area contributed by atoms with E-state index >= 15 is 0 Å². The van der Waals surface area contributed by atoms with E-state index in [4.69, 9.17) is 0 Å². The van der Waals surface area contributed by atoms with E-state index in [0.717, 1.165) is 6.42 Å². The van der Waals surface area contributed by atoms with Gasteiger partial charge in [0.15, 0.2) is 0 Å². The molecule has 2 atom stereocenters. The van der Waals surface area contributed by atoms with Crippen molar-refractivity contribution in [1.82, 2.24) is 0 Å². The van der Waals surface area contributed by atoms with Crippen LogP contribution >= 0.6 is 0 Å². The summed E-state index contributed by atoms with van der Waals surface area (Å²) in [4.78, 5) is 0. The van der Waals surface area contributed by atoms with Crippen molar-refractivity contribution in [2.45, 2.75) is 32.3 Å². The molecule has 0 saturated heterocycles. The Morgan fingerprint density at radius 1 is 0.842 bits per heavy atom. The summed E-state index contributed by atoms with van der Waals surface area (Å²) in [7, 11) is 0. The standard InChI is InChI=1S/C18H22O/c1-3-17(14(2)19)18(15-10-6-4-7-11-15)16-12-8-5-9-13-16/h4-14,17-19H,3H2,1-2H3/t14-,17-/m1/s1. The number of hydrogen-bond donors (Lipinski definition) is 1. The van der Waals surface area contributed by atoms with E-state index in [-0.39, 0.29) is 17.9 Å². The molecule has 0 aliphatic heterocycles. The Balaban J connectivity index is 2.45. The van der Waals surface area contributed by atoms with E-state index < -0.39 is 0 Å². The summed E-state index contributed by atoms with van der Waals surface area (Å²) in [6, 6.07) is 21.0. The molecule has 1 heteroatoms. The lowest BCUT2D eigenvalue weighted by atomic mass is 9.77. The van der Waals surface area contributed by atoms with Gasteiger partial charge in [0, 0.05) is 5.92 Å². The first-order chi connectivity index (χ1) is 9.24. The zero-order valence-corrected chi connectivity index (χ0v) is 11.7. The lowest BCUT2D eigenvalue weighted by Crippen LogP contribution is -2.24. The Morgan fingerprint density at radius 2 is 1.26 bits per heavy atom. The monoisotopic (exact) mass is 254 g/mol. The fraction of sp³-hybridized carbons (Fsp3) is 0.333. The van der Waals surface area contributed by atoms with Gasteiger partial charge in [0.05, 0.1) is 6.10 Å². The predicted octanol–water partition coefficient (Wildman–Crippen LogP) is 4.23. The van der Waals surface area contributed by atoms with E-state index in [1.165, 1.54) is 11.1 Å². The maximum atomic E-state index is 10.1. The molecule has 0 amide bonds. The summed E-state index contributed by atoms with van der Waals surface area (Å²) in [5, 5.41) is 10.1. The second kappa shape index (κ2) is 6.53. The molecule has 2 rings (SSSR count). The number of hydrogen-bond acceptors (Lipinski definition) is 1. The molecule has 1 nitrogen and oxygen atoms in total. The summed E-state index contributed by atoms with van der Waals surface area (Å²) >= 11 is 0. The molecule has 0 fully saturated rings. The highest BCUT2D eigenvalue weighted by Gasteiger charge is 2.26. The van der Waals surface area contributed by atoms with E-state index in [1.54, 1.807) is 0 Å². The average Bonchev–Trinajstić information content (AvgIpc) is 2.46. The first-order valence-electron chi connectivity index (χ1n) is 7.02. The third-order valence-corrected chi connectivity index (χ3v) is 3.84. The molecule has 0 radical (unpaired) electrons. The van der Waals surface area contributed by atoms with Crippen molar-refractivity contribution in [3.8, 4) is 0 Å². The molecule has 2 aromatic carbocycles. The molecule has 0 saturated carbocycles. The van der Waals surface area contributed by atoms with Crippen molar-refractivity contribution in [3.05, 3.63) is 71.8 Å². The minimum atomic E-state index is -0.310. The van der Waals surface area contributed by atoms with Gasteiger partial charge in [0.2, 0.25) is 0 Å². The van der Waals surface area contributed by atoms with Crippen molar-refractivity contribution >= 4 is 0 Å². The molecule has 100 valence electrons. The zero-order chi connectivity index (χ0) is 13.7. The number of aliphatic hydroxyl groups excluding tert-OH is 1. The van der Waals surface area contributed by atoms with Gasteiger partial charge in [-0.2, -0.15) is 0 Å². The quantitative estimate of drug-likeness (QED) is 0.846. The van der Waals surface area contributed by atoms with Gasteiger partial charge in [-0.05, 0) is 30.4 Å². The van der Waals surface area contributed by atoms with Crippen molar-refractivity contribution in [2.75, 3.05) is 0 Å². The summed E-state index contributed by atoms with van der Waals surface area (Å²) in [6.45, 7) is 4.04. The first kappa shape index (κ1) is 13.8. The summed E-state index contributed by atoms with van der Waals surface area (Å²) in [5.41, 5.74) is 2.56. The lowest BCUT2D eigenvalue weighted by molar-refractivity contribution is 0.113. The second-order valence-electron chi connectivity index (χ2n) is 5.11. The normalized spacial score (nSPS) is 14.3. The van der Waals surface area contributed by atoms with Crippen LogP contribution in [0.5, 0.6) is 0 Å². The fourth-order valence-corrected chi connectivity index (χ4v) is 2.86. The smallest absolute Gasteiger partial charge is 0.0549 e. The maximum absolute atomic E-state index is 10.1. The van der Waals surface area contributed by atoms with Crippen LogP contribution in [-0.4, -0.2) is 11.2 Å². The number of aliphatic hydroxyl groups is 1. The van der Waals surface area contributed by atoms with Crippen molar-refractivity contribution in [1.29, 1.82) is 0 Å². The van der Waals surface area contributed by atoms with E-state index in [9.17, 15) is 5.11 Å². The Morgan fingerprint density at radius 3 is 1.58 bits per heavy atom. The van der Waals surface area contributed by atoms with Gasteiger partial charge in [-0.15, -0.1) is 0 Å². The lowest BCUT2D eigenvalue weighted by Gasteiger charge is -2.29. The molecule has 0 bridgehead atoms. The number of benzene rings is 2. The fourth-order valence-electron chi connectivity index (χ4n) is 2.86. The van der Waals surface area contributed by atoms with Gasteiger partial charge in [0.1, 0.15) is 0 Å². The third kappa shape index (κ3) is 3.24. The molecule has 0 aromatic heterocycles. The Bertz CT molecular complexity index is 436. The van der Waals surface area contributed by atoms with Gasteiger partial charge in [-0.1, -0.05) is 67.6 Å². The van der Waals surface area contributed by atoms with E-state index in [1.807, 2.05) is 19.1 Å². The van der Waals surface area contributed by atoms with Crippen molar-refractivity contribution in [2.24, 2.45) is 5.92 Å². The van der Waals surface area contributed by atoms with E-state index in [2.05, 4.69) is 55.5 Å². The Hall–Kier alpha value is -1.60. The van der Waals surface area contributed by atoms with Gasteiger partial charge >= 0.3 is 0 Å². The van der Waals surface area contributed by atoms with Crippen LogP contribution in [0.3, 0.4) is 0 Å². The molecule has 0 heterocycles. The topological polar surface area (TPSA) is 20.2 Å². The van der Waals surface area contributed by atoms with Crippen LogP contribution in [-0.2, 0) is 0 Å². The molecule has 0 aliphatic carbocycles. The van der Waals surface area contributed by atoms with Crippen molar-refractivity contribution in [3.63, 3.8) is 0 Å². The molecule has 0 spiro atoms.